The van der Waals surface area contributed by atoms with Crippen LogP contribution in [0.4, 0.5) is 23.2 Å². The average Bonchev–Trinajstić information content (AvgIpc) is 3.07. The summed E-state index contributed by atoms with van der Waals surface area (Å²) in [6, 6.07) is 3.27. The number of alkyl halides is 3. The molecule has 3 aromatic rings. The first kappa shape index (κ1) is 24.1. The summed E-state index contributed by atoms with van der Waals surface area (Å²) in [5.74, 6) is -1.38. The van der Waals surface area contributed by atoms with Crippen LogP contribution in [0, 0.1) is 11.2 Å². The smallest absolute Gasteiger partial charge is 0.406 e. The zero-order valence-electron chi connectivity index (χ0n) is 19.3. The third-order valence-electron chi connectivity index (χ3n) is 7.04. The van der Waals surface area contributed by atoms with Crippen molar-refractivity contribution in [2.24, 2.45) is 0 Å². The number of hydrogen-bond donors (Lipinski definition) is 3. The number of aromatic amines is 1. The molecule has 1 saturated heterocycles. The minimum atomic E-state index is -4.85. The number of amides is 1. The monoisotopic (exact) mass is 503 g/mol. The number of pyridine rings is 1. The fourth-order valence-electron chi connectivity index (χ4n) is 5.31. The molecule has 0 spiro atoms. The van der Waals surface area contributed by atoms with Gasteiger partial charge in [-0.3, -0.25) is 4.79 Å². The number of nitrogens with two attached hydrogens (primary N) is 1. The first-order valence-electron chi connectivity index (χ1n) is 11.8. The van der Waals surface area contributed by atoms with Gasteiger partial charge in [-0.1, -0.05) is 0 Å². The maximum Gasteiger partial charge on any atom is 0.573 e. The highest BCUT2D eigenvalue weighted by Gasteiger charge is 2.33. The molecule has 7 nitrogen and oxygen atoms in total. The van der Waals surface area contributed by atoms with Gasteiger partial charge in [-0.25, -0.2) is 9.37 Å². The van der Waals surface area contributed by atoms with Crippen LogP contribution in [0.25, 0.3) is 11.0 Å². The number of anilines is 1. The lowest BCUT2D eigenvalue weighted by atomic mass is 9.86. The highest BCUT2D eigenvalue weighted by Crippen LogP contribution is 2.39. The fraction of sp³-hybridized carbons (Fsp3) is 0.400. The summed E-state index contributed by atoms with van der Waals surface area (Å²) in [7, 11) is 0. The number of nitrogens with one attached hydrogen (secondary N) is 2. The van der Waals surface area contributed by atoms with Gasteiger partial charge in [0, 0.05) is 47.2 Å². The number of piperidine rings is 1. The molecule has 1 aliphatic heterocycles. The summed E-state index contributed by atoms with van der Waals surface area (Å²) in [4.78, 5) is 22.2. The van der Waals surface area contributed by atoms with Crippen molar-refractivity contribution in [3.8, 4) is 5.75 Å². The van der Waals surface area contributed by atoms with Gasteiger partial charge < -0.3 is 25.8 Å². The molecular formula is C25H25F4N5O2. The van der Waals surface area contributed by atoms with Crippen molar-refractivity contribution in [3.05, 3.63) is 52.6 Å². The van der Waals surface area contributed by atoms with Crippen LogP contribution in [-0.2, 0) is 12.8 Å². The Balaban J connectivity index is 1.35. The van der Waals surface area contributed by atoms with E-state index in [1.807, 2.05) is 0 Å². The molecule has 0 bridgehead atoms. The van der Waals surface area contributed by atoms with Gasteiger partial charge in [-0.15, -0.1) is 13.2 Å². The van der Waals surface area contributed by atoms with Crippen molar-refractivity contribution in [1.82, 2.24) is 14.9 Å². The summed E-state index contributed by atoms with van der Waals surface area (Å²) in [6.45, 7) is 0.703. The van der Waals surface area contributed by atoms with E-state index in [0.29, 0.717) is 68.5 Å². The molecule has 1 aliphatic carbocycles. The first-order valence-corrected chi connectivity index (χ1v) is 11.8. The predicted molar refractivity (Wildman–Crippen MR) is 126 cm³/mol. The molecule has 1 amide bonds. The summed E-state index contributed by atoms with van der Waals surface area (Å²) in [5, 5.41) is 8.83. The second-order valence-electron chi connectivity index (χ2n) is 9.29. The van der Waals surface area contributed by atoms with E-state index in [4.69, 9.17) is 11.1 Å². The summed E-state index contributed by atoms with van der Waals surface area (Å²) in [6.07, 6.45) is 0.0935. The predicted octanol–water partition coefficient (Wildman–Crippen LogP) is 5.10. The second kappa shape index (κ2) is 9.11. The van der Waals surface area contributed by atoms with Crippen LogP contribution < -0.4 is 10.5 Å². The normalized spacial score (nSPS) is 17.2. The van der Waals surface area contributed by atoms with E-state index in [9.17, 15) is 18.0 Å². The Kier molecular flexibility index (Phi) is 6.09. The van der Waals surface area contributed by atoms with Crippen molar-refractivity contribution in [2.45, 2.75) is 50.8 Å². The van der Waals surface area contributed by atoms with E-state index >= 15 is 4.39 Å². The molecule has 1 fully saturated rings. The van der Waals surface area contributed by atoms with E-state index < -0.39 is 12.1 Å². The maximum atomic E-state index is 15.2. The largest absolute Gasteiger partial charge is 0.573 e. The van der Waals surface area contributed by atoms with Gasteiger partial charge in [-0.2, -0.15) is 0 Å². The standard InChI is InChI=1S/C25H25F4N5O2/c26-18-12-32-23-22(17-4-1-14(30)2-6-20(17)33-23)21(18)13-7-9-34(10-8-13)24(35)16-5-3-15(11-19(16)31)36-25(27,28)29/h3,5,11-13,30H,1-2,4,6-10,31H2,(H,32,33). The fourth-order valence-corrected chi connectivity index (χ4v) is 5.31. The lowest BCUT2D eigenvalue weighted by molar-refractivity contribution is -0.274. The van der Waals surface area contributed by atoms with Crippen molar-refractivity contribution < 1.29 is 27.1 Å². The van der Waals surface area contributed by atoms with Crippen LogP contribution >= 0.6 is 0 Å². The SMILES string of the molecule is N=C1CCc2[nH]c3ncc(F)c(C4CCN(C(=O)c5ccc(OC(F)(F)F)cc5N)CC4)c3c2CC1. The third-order valence-corrected chi connectivity index (χ3v) is 7.04. The van der Waals surface area contributed by atoms with Crippen LogP contribution in [0.3, 0.4) is 0 Å². The molecular weight excluding hydrogens is 478 g/mol. The molecule has 2 aromatic heterocycles. The van der Waals surface area contributed by atoms with E-state index in [-0.39, 0.29) is 28.9 Å². The van der Waals surface area contributed by atoms with Crippen LogP contribution in [-0.4, -0.2) is 45.9 Å². The molecule has 11 heteroatoms. The van der Waals surface area contributed by atoms with Crippen molar-refractivity contribution in [1.29, 1.82) is 5.41 Å². The van der Waals surface area contributed by atoms with E-state index in [1.54, 1.807) is 4.90 Å². The quantitative estimate of drug-likeness (QED) is 0.263. The zero-order valence-corrected chi connectivity index (χ0v) is 19.3. The number of rotatable bonds is 3. The molecule has 0 unspecified atom stereocenters. The van der Waals surface area contributed by atoms with Gasteiger partial charge in [0.1, 0.15) is 17.2 Å². The number of ether oxygens (including phenoxy) is 1. The molecule has 1 aromatic carbocycles. The molecule has 3 heterocycles. The van der Waals surface area contributed by atoms with Crippen LogP contribution in [0.2, 0.25) is 0 Å². The summed E-state index contributed by atoms with van der Waals surface area (Å²) in [5.41, 5.74) is 9.82. The van der Waals surface area contributed by atoms with Gasteiger partial charge in [0.05, 0.1) is 11.8 Å². The Labute approximate surface area is 204 Å². The number of carbonyl (C=O) groups excluding carboxylic acids is 1. The minimum absolute atomic E-state index is 0.0962. The Hall–Kier alpha value is -3.63. The average molecular weight is 504 g/mol. The highest BCUT2D eigenvalue weighted by molar-refractivity contribution is 5.99. The summed E-state index contributed by atoms with van der Waals surface area (Å²) < 4.78 is 56.4. The lowest BCUT2D eigenvalue weighted by Crippen LogP contribution is -2.38. The Morgan fingerprint density at radius 2 is 1.89 bits per heavy atom. The zero-order chi connectivity index (χ0) is 25.6. The molecule has 5 rings (SSSR count). The number of hydrogen-bond acceptors (Lipinski definition) is 5. The number of aryl methyl sites for hydroxylation is 2. The van der Waals surface area contributed by atoms with Crippen LogP contribution in [0.15, 0.2) is 24.4 Å². The number of benzene rings is 1. The van der Waals surface area contributed by atoms with Gasteiger partial charge in [0.15, 0.2) is 0 Å². The molecule has 0 atom stereocenters. The third kappa shape index (κ3) is 4.61. The van der Waals surface area contributed by atoms with Crippen molar-refractivity contribution in [3.63, 3.8) is 0 Å². The molecule has 190 valence electrons. The summed E-state index contributed by atoms with van der Waals surface area (Å²) >= 11 is 0. The van der Waals surface area contributed by atoms with E-state index in [1.165, 1.54) is 12.3 Å². The van der Waals surface area contributed by atoms with Gasteiger partial charge in [-0.05, 0) is 62.1 Å². The highest BCUT2D eigenvalue weighted by atomic mass is 19.4. The van der Waals surface area contributed by atoms with Crippen LogP contribution in [0.1, 0.15) is 58.8 Å². The number of H-pyrrole nitrogens is 1. The Morgan fingerprint density at radius 3 is 2.58 bits per heavy atom. The minimum Gasteiger partial charge on any atom is -0.406 e. The lowest BCUT2D eigenvalue weighted by Gasteiger charge is -2.33. The number of aromatic nitrogens is 2. The molecule has 2 aliphatic rings. The number of nitrogens with zero attached hydrogens (tertiary/aromatic N) is 2. The van der Waals surface area contributed by atoms with Crippen molar-refractivity contribution in [2.75, 3.05) is 18.8 Å². The molecule has 0 saturated carbocycles. The number of likely N-dealkylation sites (tertiary alicyclic amines) is 1. The number of carbonyl (C=O) groups is 1. The Morgan fingerprint density at radius 1 is 1.17 bits per heavy atom. The number of nitrogen functional groups attached to an aromatic ring is 1. The maximum absolute atomic E-state index is 15.2. The van der Waals surface area contributed by atoms with Gasteiger partial charge in [0.2, 0.25) is 0 Å². The Bertz CT molecular complexity index is 1340. The van der Waals surface area contributed by atoms with Gasteiger partial charge >= 0.3 is 6.36 Å². The topological polar surface area (TPSA) is 108 Å². The van der Waals surface area contributed by atoms with E-state index in [2.05, 4.69) is 14.7 Å². The first-order chi connectivity index (χ1) is 17.1. The molecule has 36 heavy (non-hydrogen) atoms. The molecule has 0 radical (unpaired) electrons. The molecule has 4 N–H and O–H groups in total. The number of fused-ring (bicyclic) bond motifs is 3. The van der Waals surface area contributed by atoms with Gasteiger partial charge in [0.25, 0.3) is 5.91 Å². The van der Waals surface area contributed by atoms with Crippen LogP contribution in [0.5, 0.6) is 5.75 Å². The van der Waals surface area contributed by atoms with E-state index in [0.717, 1.165) is 28.8 Å². The second-order valence-corrected chi connectivity index (χ2v) is 9.29. The van der Waals surface area contributed by atoms with Crippen molar-refractivity contribution >= 4 is 28.3 Å². The number of halogens is 4.